The summed E-state index contributed by atoms with van der Waals surface area (Å²) in [6.07, 6.45) is 11.4. The summed E-state index contributed by atoms with van der Waals surface area (Å²) in [5, 5.41) is 9.46. The van der Waals surface area contributed by atoms with Gasteiger partial charge < -0.3 is 5.11 Å². The lowest BCUT2D eigenvalue weighted by molar-refractivity contribution is -0.142. The van der Waals surface area contributed by atoms with E-state index in [4.69, 9.17) is 0 Å². The SMILES string of the molecule is O=C(O)[C@@H]1C[C@@H]2CCCC[C@@H]2N1CC1CCCC1. The molecule has 0 unspecified atom stereocenters. The zero-order chi connectivity index (χ0) is 12.5. The molecule has 0 aromatic heterocycles. The second-order valence-corrected chi connectivity index (χ2v) is 6.55. The predicted molar refractivity (Wildman–Crippen MR) is 70.5 cm³/mol. The van der Waals surface area contributed by atoms with E-state index in [-0.39, 0.29) is 6.04 Å². The van der Waals surface area contributed by atoms with Crippen LogP contribution in [0.5, 0.6) is 0 Å². The topological polar surface area (TPSA) is 40.5 Å². The summed E-state index contributed by atoms with van der Waals surface area (Å²) in [6, 6.07) is 0.402. The zero-order valence-electron chi connectivity index (χ0n) is 11.2. The largest absolute Gasteiger partial charge is 0.480 e. The van der Waals surface area contributed by atoms with Crippen molar-refractivity contribution in [3.8, 4) is 0 Å². The van der Waals surface area contributed by atoms with Crippen LogP contribution in [0.3, 0.4) is 0 Å². The zero-order valence-corrected chi connectivity index (χ0v) is 11.2. The number of rotatable bonds is 3. The van der Waals surface area contributed by atoms with Crippen molar-refractivity contribution in [3.05, 3.63) is 0 Å². The van der Waals surface area contributed by atoms with Gasteiger partial charge in [-0.3, -0.25) is 9.69 Å². The molecule has 0 spiro atoms. The lowest BCUT2D eigenvalue weighted by Crippen LogP contribution is -2.44. The molecular weight excluding hydrogens is 226 g/mol. The third-order valence-electron chi connectivity index (χ3n) is 5.45. The Bertz CT molecular complexity index is 312. The monoisotopic (exact) mass is 251 g/mol. The van der Waals surface area contributed by atoms with Crippen molar-refractivity contribution in [1.29, 1.82) is 0 Å². The molecule has 0 amide bonds. The molecule has 0 radical (unpaired) electrons. The first-order chi connectivity index (χ1) is 8.75. The molecular formula is C15H25NO2. The summed E-state index contributed by atoms with van der Waals surface area (Å²) >= 11 is 0. The number of hydrogen-bond acceptors (Lipinski definition) is 2. The molecule has 3 aliphatic rings. The van der Waals surface area contributed by atoms with E-state index < -0.39 is 5.97 Å². The quantitative estimate of drug-likeness (QED) is 0.838. The van der Waals surface area contributed by atoms with E-state index in [1.54, 1.807) is 0 Å². The lowest BCUT2D eigenvalue weighted by atomic mass is 9.84. The van der Waals surface area contributed by atoms with Crippen molar-refractivity contribution >= 4 is 5.97 Å². The highest BCUT2D eigenvalue weighted by Crippen LogP contribution is 2.41. The second-order valence-electron chi connectivity index (χ2n) is 6.55. The number of carbonyl (C=O) groups is 1. The molecule has 3 fully saturated rings. The van der Waals surface area contributed by atoms with Gasteiger partial charge in [0.1, 0.15) is 6.04 Å². The van der Waals surface area contributed by atoms with Gasteiger partial charge in [0.25, 0.3) is 0 Å². The van der Waals surface area contributed by atoms with Crippen LogP contribution in [0.15, 0.2) is 0 Å². The first kappa shape index (κ1) is 12.5. The van der Waals surface area contributed by atoms with Crippen LogP contribution < -0.4 is 0 Å². The van der Waals surface area contributed by atoms with E-state index in [0.29, 0.717) is 12.0 Å². The highest BCUT2D eigenvalue weighted by Gasteiger charge is 2.45. The normalized spacial score (nSPS) is 37.9. The minimum Gasteiger partial charge on any atom is -0.480 e. The number of likely N-dealkylation sites (tertiary alicyclic amines) is 1. The Kier molecular flexibility index (Phi) is 3.60. The molecule has 1 aliphatic heterocycles. The minimum atomic E-state index is -0.581. The number of carboxylic acids is 1. The molecule has 1 heterocycles. The Morgan fingerprint density at radius 1 is 1.06 bits per heavy atom. The molecule has 1 N–H and O–H groups in total. The molecule has 18 heavy (non-hydrogen) atoms. The Hall–Kier alpha value is -0.570. The molecule has 0 aromatic carbocycles. The summed E-state index contributed by atoms with van der Waals surface area (Å²) in [6.45, 7) is 1.05. The smallest absolute Gasteiger partial charge is 0.320 e. The van der Waals surface area contributed by atoms with Crippen LogP contribution in [0.2, 0.25) is 0 Å². The first-order valence-electron chi connectivity index (χ1n) is 7.74. The van der Waals surface area contributed by atoms with Crippen LogP contribution in [-0.4, -0.2) is 34.6 Å². The van der Waals surface area contributed by atoms with Crippen LogP contribution >= 0.6 is 0 Å². The minimum absolute atomic E-state index is 0.182. The highest BCUT2D eigenvalue weighted by molar-refractivity contribution is 5.74. The molecule has 1 saturated heterocycles. The van der Waals surface area contributed by atoms with E-state index >= 15 is 0 Å². The maximum Gasteiger partial charge on any atom is 0.320 e. The fourth-order valence-corrected chi connectivity index (χ4v) is 4.55. The molecule has 3 rings (SSSR count). The molecule has 3 nitrogen and oxygen atoms in total. The van der Waals surface area contributed by atoms with Crippen molar-refractivity contribution in [2.45, 2.75) is 69.9 Å². The van der Waals surface area contributed by atoms with Gasteiger partial charge in [0.05, 0.1) is 0 Å². The molecule has 2 aliphatic carbocycles. The molecule has 0 aromatic rings. The first-order valence-corrected chi connectivity index (χ1v) is 7.74. The van der Waals surface area contributed by atoms with Gasteiger partial charge >= 0.3 is 5.97 Å². The second kappa shape index (κ2) is 5.20. The summed E-state index contributed by atoms with van der Waals surface area (Å²) in [4.78, 5) is 13.9. The lowest BCUT2D eigenvalue weighted by Gasteiger charge is -2.34. The van der Waals surface area contributed by atoms with Gasteiger partial charge in [0.2, 0.25) is 0 Å². The van der Waals surface area contributed by atoms with Crippen LogP contribution in [0.1, 0.15) is 57.8 Å². The third kappa shape index (κ3) is 2.29. The molecule has 102 valence electrons. The molecule has 2 saturated carbocycles. The van der Waals surface area contributed by atoms with E-state index in [1.165, 1.54) is 51.4 Å². The number of aliphatic carboxylic acids is 1. The molecule has 3 atom stereocenters. The average Bonchev–Trinajstić information content (AvgIpc) is 2.98. The van der Waals surface area contributed by atoms with E-state index in [9.17, 15) is 9.90 Å². The summed E-state index contributed by atoms with van der Waals surface area (Å²) in [7, 11) is 0. The van der Waals surface area contributed by atoms with Crippen molar-refractivity contribution in [3.63, 3.8) is 0 Å². The van der Waals surface area contributed by atoms with Gasteiger partial charge in [0.15, 0.2) is 0 Å². The Labute approximate surface area is 110 Å². The third-order valence-corrected chi connectivity index (χ3v) is 5.45. The van der Waals surface area contributed by atoms with Crippen molar-refractivity contribution in [1.82, 2.24) is 4.90 Å². The summed E-state index contributed by atoms with van der Waals surface area (Å²) < 4.78 is 0. The number of hydrogen-bond donors (Lipinski definition) is 1. The van der Waals surface area contributed by atoms with Crippen LogP contribution in [-0.2, 0) is 4.79 Å². The van der Waals surface area contributed by atoms with E-state index in [1.807, 2.05) is 0 Å². The molecule has 3 heteroatoms. The number of carboxylic acid groups (broad SMARTS) is 1. The number of nitrogens with zero attached hydrogens (tertiary/aromatic N) is 1. The van der Waals surface area contributed by atoms with Gasteiger partial charge in [-0.2, -0.15) is 0 Å². The van der Waals surface area contributed by atoms with Crippen molar-refractivity contribution in [2.75, 3.05) is 6.54 Å². The maximum absolute atomic E-state index is 11.5. The van der Waals surface area contributed by atoms with Gasteiger partial charge in [-0.05, 0) is 43.9 Å². The van der Waals surface area contributed by atoms with Gasteiger partial charge in [-0.1, -0.05) is 25.7 Å². The summed E-state index contributed by atoms with van der Waals surface area (Å²) in [5.74, 6) is 0.858. The van der Waals surface area contributed by atoms with Crippen molar-refractivity contribution < 1.29 is 9.90 Å². The Balaban J connectivity index is 1.71. The molecule has 0 bridgehead atoms. The standard InChI is InChI=1S/C15H25NO2/c17-15(18)14-9-12-7-3-4-8-13(12)16(14)10-11-5-1-2-6-11/h11-14H,1-10H2,(H,17,18)/t12-,13-,14-/m0/s1. The average molecular weight is 251 g/mol. The highest BCUT2D eigenvalue weighted by atomic mass is 16.4. The Morgan fingerprint density at radius 3 is 2.44 bits per heavy atom. The van der Waals surface area contributed by atoms with E-state index in [0.717, 1.165) is 18.9 Å². The fourth-order valence-electron chi connectivity index (χ4n) is 4.55. The van der Waals surface area contributed by atoms with Gasteiger partial charge in [-0.25, -0.2) is 0 Å². The van der Waals surface area contributed by atoms with Crippen LogP contribution in [0.4, 0.5) is 0 Å². The van der Waals surface area contributed by atoms with Gasteiger partial charge in [0, 0.05) is 12.6 Å². The number of fused-ring (bicyclic) bond motifs is 1. The predicted octanol–water partition coefficient (Wildman–Crippen LogP) is 2.89. The van der Waals surface area contributed by atoms with Gasteiger partial charge in [-0.15, -0.1) is 0 Å². The maximum atomic E-state index is 11.5. The summed E-state index contributed by atoms with van der Waals surface area (Å²) in [5.41, 5.74) is 0. The van der Waals surface area contributed by atoms with Crippen LogP contribution in [0.25, 0.3) is 0 Å². The van der Waals surface area contributed by atoms with Crippen LogP contribution in [0, 0.1) is 11.8 Å². The van der Waals surface area contributed by atoms with E-state index in [2.05, 4.69) is 4.90 Å². The Morgan fingerprint density at radius 2 is 1.72 bits per heavy atom. The fraction of sp³-hybridized carbons (Fsp3) is 0.933. The van der Waals surface area contributed by atoms with Crippen molar-refractivity contribution in [2.24, 2.45) is 11.8 Å².